The Labute approximate surface area is 164 Å². The number of amides is 2. The second kappa shape index (κ2) is 9.83. The van der Waals surface area contributed by atoms with Crippen LogP contribution < -0.4 is 14.8 Å². The van der Waals surface area contributed by atoms with E-state index in [0.29, 0.717) is 10.8 Å². The molecule has 0 heterocycles. The summed E-state index contributed by atoms with van der Waals surface area (Å²) in [6, 6.07) is 13.5. The zero-order chi connectivity index (χ0) is 19.8. The Balaban J connectivity index is 2.12. The number of carbonyl (C=O) groups excluding carboxylic acids is 2. The normalized spacial score (nSPS) is 11.4. The average Bonchev–Trinajstić information content (AvgIpc) is 2.69. The van der Waals surface area contributed by atoms with Crippen molar-refractivity contribution in [2.45, 2.75) is 19.5 Å². The summed E-state index contributed by atoms with van der Waals surface area (Å²) < 4.78 is 10.7. The van der Waals surface area contributed by atoms with Crippen molar-refractivity contribution in [3.05, 3.63) is 59.1 Å². The molecule has 0 fully saturated rings. The molecular formula is C20H23ClN2O4. The number of hydrogen-bond donors (Lipinski definition) is 1. The second-order valence-corrected chi connectivity index (χ2v) is 6.34. The van der Waals surface area contributed by atoms with E-state index in [9.17, 15) is 9.59 Å². The largest absolute Gasteiger partial charge is 0.497 e. The van der Waals surface area contributed by atoms with Crippen molar-refractivity contribution < 1.29 is 19.1 Å². The molecule has 0 unspecified atom stereocenters. The van der Waals surface area contributed by atoms with Crippen LogP contribution in [0.3, 0.4) is 0 Å². The van der Waals surface area contributed by atoms with E-state index >= 15 is 0 Å². The van der Waals surface area contributed by atoms with E-state index in [1.54, 1.807) is 38.3 Å². The zero-order valence-corrected chi connectivity index (χ0v) is 16.3. The molecule has 0 aromatic heterocycles. The molecule has 0 saturated heterocycles. The minimum atomic E-state index is -0.646. The van der Waals surface area contributed by atoms with Gasteiger partial charge in [0.25, 0.3) is 5.91 Å². The van der Waals surface area contributed by atoms with Crippen LogP contribution in [-0.4, -0.2) is 43.5 Å². The summed E-state index contributed by atoms with van der Waals surface area (Å²) in [6.07, 6.45) is 0. The highest BCUT2D eigenvalue weighted by Gasteiger charge is 2.25. The highest BCUT2D eigenvalue weighted by atomic mass is 35.5. The van der Waals surface area contributed by atoms with Gasteiger partial charge >= 0.3 is 0 Å². The molecule has 7 heteroatoms. The lowest BCUT2D eigenvalue weighted by Gasteiger charge is -2.28. The summed E-state index contributed by atoms with van der Waals surface area (Å²) in [5, 5.41) is 3.10. The van der Waals surface area contributed by atoms with E-state index in [1.807, 2.05) is 24.3 Å². The Morgan fingerprint density at radius 2 is 1.85 bits per heavy atom. The number of benzene rings is 2. The molecule has 1 N–H and O–H groups in total. The predicted molar refractivity (Wildman–Crippen MR) is 104 cm³/mol. The maximum absolute atomic E-state index is 12.8. The van der Waals surface area contributed by atoms with Gasteiger partial charge in [-0.1, -0.05) is 29.8 Å². The van der Waals surface area contributed by atoms with Gasteiger partial charge in [0, 0.05) is 18.6 Å². The topological polar surface area (TPSA) is 67.9 Å². The molecule has 2 aromatic rings. The summed E-state index contributed by atoms with van der Waals surface area (Å²) in [7, 11) is 3.13. The number of rotatable bonds is 8. The van der Waals surface area contributed by atoms with Crippen molar-refractivity contribution in [3.63, 3.8) is 0 Å². The van der Waals surface area contributed by atoms with E-state index in [1.165, 1.54) is 11.9 Å². The molecule has 0 spiro atoms. The molecule has 144 valence electrons. The summed E-state index contributed by atoms with van der Waals surface area (Å²) in [5.74, 6) is 0.662. The third kappa shape index (κ3) is 5.89. The fraction of sp³-hybridized carbons (Fsp3) is 0.300. The minimum absolute atomic E-state index is 0.197. The molecule has 6 nitrogen and oxygen atoms in total. The molecule has 2 amide bonds. The Bertz CT molecular complexity index is 780. The third-order valence-corrected chi connectivity index (χ3v) is 4.32. The van der Waals surface area contributed by atoms with Crippen molar-refractivity contribution in [3.8, 4) is 11.5 Å². The number of likely N-dealkylation sites (N-methyl/N-ethyl adjacent to an activating group) is 1. The van der Waals surface area contributed by atoms with Crippen molar-refractivity contribution in [2.24, 2.45) is 0 Å². The fourth-order valence-electron chi connectivity index (χ4n) is 2.50. The van der Waals surface area contributed by atoms with Crippen LogP contribution in [-0.2, 0) is 16.1 Å². The molecule has 0 saturated carbocycles. The number of halogens is 1. The quantitative estimate of drug-likeness (QED) is 0.752. The van der Waals surface area contributed by atoms with Crippen LogP contribution in [0.25, 0.3) is 0 Å². The van der Waals surface area contributed by atoms with E-state index in [-0.39, 0.29) is 25.0 Å². The Hall–Kier alpha value is -2.73. The monoisotopic (exact) mass is 390 g/mol. The van der Waals surface area contributed by atoms with Gasteiger partial charge in [-0.05, 0) is 42.8 Å². The molecule has 27 heavy (non-hydrogen) atoms. The first kappa shape index (κ1) is 20.6. The maximum atomic E-state index is 12.8. The lowest BCUT2D eigenvalue weighted by atomic mass is 10.1. The molecular weight excluding hydrogens is 368 g/mol. The van der Waals surface area contributed by atoms with Gasteiger partial charge in [-0.15, -0.1) is 0 Å². The second-order valence-electron chi connectivity index (χ2n) is 5.91. The first-order chi connectivity index (χ1) is 12.9. The number of nitrogens with one attached hydrogen (secondary N) is 1. The maximum Gasteiger partial charge on any atom is 0.261 e. The minimum Gasteiger partial charge on any atom is -0.497 e. The Morgan fingerprint density at radius 1 is 1.15 bits per heavy atom. The molecule has 0 aliphatic carbocycles. The highest BCUT2D eigenvalue weighted by molar-refractivity contribution is 6.30. The van der Waals surface area contributed by atoms with Crippen LogP contribution in [0.15, 0.2) is 48.5 Å². The van der Waals surface area contributed by atoms with E-state index < -0.39 is 6.04 Å². The van der Waals surface area contributed by atoms with Crippen LogP contribution in [0.1, 0.15) is 12.5 Å². The molecule has 1 atom stereocenters. The van der Waals surface area contributed by atoms with Crippen LogP contribution >= 0.6 is 11.6 Å². The fourth-order valence-corrected chi connectivity index (χ4v) is 2.68. The summed E-state index contributed by atoms with van der Waals surface area (Å²) in [5.41, 5.74) is 0.877. The lowest BCUT2D eigenvalue weighted by Crippen LogP contribution is -2.48. The van der Waals surface area contributed by atoms with Gasteiger partial charge in [0.1, 0.15) is 17.5 Å². The number of carbonyl (C=O) groups is 2. The van der Waals surface area contributed by atoms with Crippen molar-refractivity contribution in [1.29, 1.82) is 0 Å². The predicted octanol–water partition coefficient (Wildman–Crippen LogP) is 2.89. The smallest absolute Gasteiger partial charge is 0.261 e. The van der Waals surface area contributed by atoms with Crippen molar-refractivity contribution in [2.75, 3.05) is 20.8 Å². The zero-order valence-electron chi connectivity index (χ0n) is 15.6. The van der Waals surface area contributed by atoms with Crippen molar-refractivity contribution >= 4 is 23.4 Å². The number of methoxy groups -OCH3 is 1. The first-order valence-corrected chi connectivity index (χ1v) is 8.84. The highest BCUT2D eigenvalue weighted by Crippen LogP contribution is 2.18. The van der Waals surface area contributed by atoms with E-state index in [2.05, 4.69) is 5.32 Å². The van der Waals surface area contributed by atoms with Crippen LogP contribution in [0.4, 0.5) is 0 Å². The van der Waals surface area contributed by atoms with Gasteiger partial charge in [-0.3, -0.25) is 9.59 Å². The standard InChI is InChI=1S/C20H23ClN2O4/c1-14(20(25)22-2)23(12-15-7-9-17(26-3)10-8-15)19(24)13-27-18-6-4-5-16(21)11-18/h4-11,14H,12-13H2,1-3H3,(H,22,25)/t14-/m1/s1. The molecule has 0 aliphatic heterocycles. The van der Waals surface area contributed by atoms with Gasteiger partial charge < -0.3 is 19.7 Å². The SMILES string of the molecule is CNC(=O)[C@@H](C)N(Cc1ccc(OC)cc1)C(=O)COc1cccc(Cl)c1. The molecule has 2 rings (SSSR count). The van der Waals surface area contributed by atoms with Gasteiger partial charge in [0.2, 0.25) is 5.91 Å². The number of nitrogens with zero attached hydrogens (tertiary/aromatic N) is 1. The van der Waals surface area contributed by atoms with E-state index in [4.69, 9.17) is 21.1 Å². The third-order valence-electron chi connectivity index (χ3n) is 4.08. The van der Waals surface area contributed by atoms with Crippen molar-refractivity contribution in [1.82, 2.24) is 10.2 Å². The first-order valence-electron chi connectivity index (χ1n) is 8.47. The summed E-state index contributed by atoms with van der Waals surface area (Å²) in [4.78, 5) is 26.3. The Kier molecular flexibility index (Phi) is 7.49. The molecule has 0 bridgehead atoms. The lowest BCUT2D eigenvalue weighted by molar-refractivity contribution is -0.142. The van der Waals surface area contributed by atoms with Gasteiger partial charge in [0.15, 0.2) is 6.61 Å². The van der Waals surface area contributed by atoms with Gasteiger partial charge in [0.05, 0.1) is 7.11 Å². The van der Waals surface area contributed by atoms with Gasteiger partial charge in [-0.2, -0.15) is 0 Å². The summed E-state index contributed by atoms with van der Waals surface area (Å²) >= 11 is 5.93. The summed E-state index contributed by atoms with van der Waals surface area (Å²) in [6.45, 7) is 1.76. The van der Waals surface area contributed by atoms with Crippen LogP contribution in [0.5, 0.6) is 11.5 Å². The van der Waals surface area contributed by atoms with Crippen LogP contribution in [0.2, 0.25) is 5.02 Å². The van der Waals surface area contributed by atoms with Crippen LogP contribution in [0, 0.1) is 0 Å². The van der Waals surface area contributed by atoms with E-state index in [0.717, 1.165) is 11.3 Å². The molecule has 2 aromatic carbocycles. The number of hydrogen-bond acceptors (Lipinski definition) is 4. The Morgan fingerprint density at radius 3 is 2.44 bits per heavy atom. The number of ether oxygens (including phenoxy) is 2. The molecule has 0 aliphatic rings. The van der Waals surface area contributed by atoms with Gasteiger partial charge in [-0.25, -0.2) is 0 Å². The average molecular weight is 391 g/mol. The molecule has 0 radical (unpaired) electrons.